The number of hydrazine groups is 2. The molecule has 0 aliphatic heterocycles. The van der Waals surface area contributed by atoms with Crippen LogP contribution in [0, 0.1) is 0 Å². The molecule has 30 heteroatoms. The summed E-state index contributed by atoms with van der Waals surface area (Å²) < 4.78 is 7.18. The third-order valence-electron chi connectivity index (χ3n) is 15.8. The van der Waals surface area contributed by atoms with Crippen LogP contribution in [-0.4, -0.2) is 82.5 Å². The fourth-order valence-corrected chi connectivity index (χ4v) is 12.6. The number of carbonyl (C=O) groups is 2. The van der Waals surface area contributed by atoms with Gasteiger partial charge >= 0.3 is 5.97 Å². The Labute approximate surface area is 702 Å². The van der Waals surface area contributed by atoms with Crippen molar-refractivity contribution in [1.82, 2.24) is 43.0 Å². The molecule has 8 aromatic heterocycles. The van der Waals surface area contributed by atoms with Crippen LogP contribution in [0.15, 0.2) is 297 Å². The largest absolute Gasteiger partial charge is 0.476 e. The number of anilines is 3. The highest BCUT2D eigenvalue weighted by Gasteiger charge is 2.25. The van der Waals surface area contributed by atoms with Crippen LogP contribution >= 0.6 is 105 Å². The van der Waals surface area contributed by atoms with Crippen molar-refractivity contribution in [2.24, 2.45) is 22.5 Å². The number of aromatic nitrogens is 8. The molecule has 0 radical (unpaired) electrons. The Morgan fingerprint density at radius 3 is 1.04 bits per heavy atom. The minimum Gasteiger partial charge on any atom is -0.476 e. The number of nitrogens with zero attached hydrogens (tertiary/aromatic N) is 9. The van der Waals surface area contributed by atoms with E-state index in [2.05, 4.69) is 42.7 Å². The molecule has 0 aliphatic rings. The second-order valence-corrected chi connectivity index (χ2v) is 26.8. The molecule has 584 valence electrons. The third kappa shape index (κ3) is 22.6. The summed E-state index contributed by atoms with van der Waals surface area (Å²) in [7, 11) is 0. The first-order valence-corrected chi connectivity index (χ1v) is 36.8. The lowest BCUT2D eigenvalue weighted by molar-refractivity contribution is 0.0690. The van der Waals surface area contributed by atoms with Gasteiger partial charge < -0.3 is 37.5 Å². The molecule has 16 rings (SSSR count). The van der Waals surface area contributed by atoms with Crippen molar-refractivity contribution in [2.75, 3.05) is 23.0 Å². The molecule has 8 heterocycles. The predicted octanol–water partition coefficient (Wildman–Crippen LogP) is 21.0. The number of halogens is 8. The van der Waals surface area contributed by atoms with Gasteiger partial charge in [0.1, 0.15) is 67.4 Å². The van der Waals surface area contributed by atoms with Crippen molar-refractivity contribution >= 4 is 173 Å². The third-order valence-corrected chi connectivity index (χ3v) is 18.4. The van der Waals surface area contributed by atoms with Gasteiger partial charge in [0.05, 0.1) is 25.8 Å². The Balaban J connectivity index is 0.000000199. The van der Waals surface area contributed by atoms with E-state index in [1.54, 1.807) is 131 Å². The minimum absolute atomic E-state index is 0. The molecular weight excluding hydrogens is 1630 g/mol. The number of carboxylic acid groups (broad SMARTS) is 1. The fraction of sp³-hybridized carbons (Fsp3) is 0.0476. The highest BCUT2D eigenvalue weighted by atomic mass is 35.5. The summed E-state index contributed by atoms with van der Waals surface area (Å²) >= 11 is 54.4. The van der Waals surface area contributed by atoms with Gasteiger partial charge in [0.2, 0.25) is 0 Å². The first kappa shape index (κ1) is 89.9. The number of aliphatic hydroxyl groups excluding tert-OH is 1. The number of carboxylic acids is 1. The van der Waals surface area contributed by atoms with E-state index in [0.29, 0.717) is 103 Å². The molecule has 0 aliphatic carbocycles. The first-order valence-electron chi connectivity index (χ1n) is 33.3. The molecule has 114 heavy (non-hydrogen) atoms. The van der Waals surface area contributed by atoms with Crippen molar-refractivity contribution in [3.63, 3.8) is 0 Å². The summed E-state index contributed by atoms with van der Waals surface area (Å²) in [5.74, 6) is 13.0. The standard InChI is InChI=1S/C20H15Cl2N5.C20H13Cl2N3O.C20H13Cl2N3S.C14H9ClN2O2.C6H6ClN.C2H6O.2CH4.H4N2.H2O/c21-13-8-10-14(11-9-13)24-20(26-23)19-18(15-5-1-2-6-16(15)22)25-17-7-3-4-12-27(17)19;2*21-13-8-10-14(11-9-13)23-20(26)19-18(15-5-1-2-6-16(15)22)24-17-7-3-4-12-25(17)19;15-10-6-2-1-5-9(10)12-13(14(18)19)17-8-4-3-7-11(17)16-12;7-5-1-3-6(8)4-2-5;1-2-3;;;1-2;/h1-12H,23H2,(H,24,26);2*1-12H,(H,23,26);1-8H,(H,18,19);1-4H,8H2;3H,2H2,1H3;2*1H4;1-2H2;1H2. The van der Waals surface area contributed by atoms with Crippen LogP contribution in [0.1, 0.15) is 54.1 Å². The van der Waals surface area contributed by atoms with Crippen molar-refractivity contribution in [3.8, 4) is 45.0 Å². The second kappa shape index (κ2) is 43.7. The highest BCUT2D eigenvalue weighted by Crippen LogP contribution is 2.36. The Morgan fingerprint density at radius 1 is 0.412 bits per heavy atom. The number of aliphatic hydroxyl groups is 1. The summed E-state index contributed by atoms with van der Waals surface area (Å²) in [5.41, 5.74) is 21.2. The van der Waals surface area contributed by atoms with Crippen LogP contribution in [0.25, 0.3) is 67.6 Å². The van der Waals surface area contributed by atoms with Crippen LogP contribution in [0.4, 0.5) is 22.7 Å². The lowest BCUT2D eigenvalue weighted by Gasteiger charge is -2.11. The van der Waals surface area contributed by atoms with Gasteiger partial charge in [-0.25, -0.2) is 35.6 Å². The molecule has 0 fully saturated rings. The highest BCUT2D eigenvalue weighted by molar-refractivity contribution is 7.81. The summed E-state index contributed by atoms with van der Waals surface area (Å²) in [4.78, 5) is 48.2. The molecule has 0 saturated carbocycles. The Bertz CT molecular complexity index is 5710. The molecule has 0 spiro atoms. The predicted molar refractivity (Wildman–Crippen MR) is 475 cm³/mol. The Kier molecular flexibility index (Phi) is 34.5. The van der Waals surface area contributed by atoms with E-state index in [4.69, 9.17) is 132 Å². The van der Waals surface area contributed by atoms with Crippen LogP contribution in [0.5, 0.6) is 0 Å². The van der Waals surface area contributed by atoms with Crippen LogP contribution in [-0.2, 0) is 0 Å². The van der Waals surface area contributed by atoms with E-state index >= 15 is 0 Å². The summed E-state index contributed by atoms with van der Waals surface area (Å²) in [5, 5.41) is 28.0. The number of nitrogens with two attached hydrogens (primary N) is 4. The molecule has 1 amide bonds. The maximum Gasteiger partial charge on any atom is 0.355 e. The van der Waals surface area contributed by atoms with Gasteiger partial charge in [0.15, 0.2) is 11.5 Å². The number of amidine groups is 1. The van der Waals surface area contributed by atoms with Gasteiger partial charge in [-0.15, -0.1) is 0 Å². The molecule has 15 N–H and O–H groups in total. The molecule has 0 unspecified atom stereocenters. The SMILES string of the molecule is C.C.CCO.NN.NNC(=Nc1ccc(Cl)cc1)c1c(-c2ccccc2Cl)nc2ccccn12.Nc1ccc(Cl)cc1.O.O=C(Nc1ccc(Cl)cc1)c1c(-c2ccccc2Cl)nc2ccccn12.O=C(O)c1c(-c2ccccc2Cl)nc2ccccn12.S=C(Nc1ccc(Cl)cc1)c1c(-c2ccccc2Cl)nc2ccccn12. The monoisotopic (exact) mass is 1700 g/mol. The Hall–Kier alpha value is -11.3. The quantitative estimate of drug-likeness (QED) is 0.0145. The number of aliphatic imine (C=N–C) groups is 1. The number of hydrogen-bond acceptors (Lipinski definition) is 13. The molecular formula is C84H76Cl8N16O5S. The van der Waals surface area contributed by atoms with Crippen LogP contribution < -0.4 is 39.3 Å². The number of hydrogen-bond donors (Lipinski definition) is 9. The van der Waals surface area contributed by atoms with Gasteiger partial charge in [-0.2, -0.15) is 0 Å². The van der Waals surface area contributed by atoms with Crippen LogP contribution in [0.2, 0.25) is 40.2 Å². The van der Waals surface area contributed by atoms with Crippen molar-refractivity contribution in [1.29, 1.82) is 0 Å². The van der Waals surface area contributed by atoms with Gasteiger partial charge in [-0.3, -0.25) is 34.1 Å². The number of carbonyl (C=O) groups excluding carboxylic acids is 1. The zero-order valence-corrected chi connectivity index (χ0v) is 65.8. The summed E-state index contributed by atoms with van der Waals surface area (Å²) in [6.07, 6.45) is 7.33. The molecule has 16 aromatic rings. The number of nitrogens with one attached hydrogen (secondary N) is 3. The van der Waals surface area contributed by atoms with Gasteiger partial charge in [0.25, 0.3) is 5.91 Å². The maximum absolute atomic E-state index is 13.0. The molecule has 8 aromatic carbocycles. The van der Waals surface area contributed by atoms with E-state index in [1.807, 2.05) is 185 Å². The first-order chi connectivity index (χ1) is 53.8. The van der Waals surface area contributed by atoms with Crippen LogP contribution in [0.3, 0.4) is 0 Å². The molecule has 0 saturated heterocycles. The average Bonchev–Trinajstić information content (AvgIpc) is 1.42. The smallest absolute Gasteiger partial charge is 0.355 e. The number of benzene rings is 8. The average molecular weight is 1710 g/mol. The molecule has 0 atom stereocenters. The van der Waals surface area contributed by atoms with Crippen molar-refractivity contribution < 1.29 is 25.3 Å². The number of imidazole rings is 4. The normalized spacial score (nSPS) is 10.4. The molecule has 0 bridgehead atoms. The Morgan fingerprint density at radius 2 is 0.693 bits per heavy atom. The van der Waals surface area contributed by atoms with E-state index in [-0.39, 0.29) is 38.5 Å². The van der Waals surface area contributed by atoms with Crippen molar-refractivity contribution in [3.05, 3.63) is 355 Å². The number of thiocarbonyl (C=S) groups is 1. The number of aromatic carboxylic acids is 1. The van der Waals surface area contributed by atoms with Crippen molar-refractivity contribution in [2.45, 2.75) is 21.8 Å². The van der Waals surface area contributed by atoms with E-state index < -0.39 is 5.97 Å². The van der Waals surface area contributed by atoms with Gasteiger partial charge in [-0.05, 0) is 177 Å². The van der Waals surface area contributed by atoms with E-state index in [9.17, 15) is 14.7 Å². The topological polar surface area (TPSA) is 328 Å². The minimum atomic E-state index is -1.03. The molecule has 21 nitrogen and oxygen atoms in total. The lowest BCUT2D eigenvalue weighted by atomic mass is 10.1. The fourth-order valence-electron chi connectivity index (χ4n) is 10.9. The zero-order valence-electron chi connectivity index (χ0n) is 58.9. The van der Waals surface area contributed by atoms with Gasteiger partial charge in [0, 0.05) is 90.8 Å². The van der Waals surface area contributed by atoms with Gasteiger partial charge in [-0.1, -0.05) is 217 Å². The number of pyridine rings is 4. The van der Waals surface area contributed by atoms with E-state index in [0.717, 1.165) is 55.9 Å². The summed E-state index contributed by atoms with van der Waals surface area (Å²) in [6, 6.07) is 80.6. The number of nitrogen functional groups attached to an aromatic ring is 1. The second-order valence-electron chi connectivity index (χ2n) is 23.0. The summed E-state index contributed by atoms with van der Waals surface area (Å²) in [6.45, 7) is 1.93. The number of fused-ring (bicyclic) bond motifs is 4. The zero-order chi connectivity index (χ0) is 79.1. The van der Waals surface area contributed by atoms with E-state index in [1.165, 1.54) is 0 Å². The number of rotatable bonds is 11. The number of amides is 1. The maximum atomic E-state index is 13.0. The lowest BCUT2D eigenvalue weighted by Crippen LogP contribution is -2.32.